The molecule has 1 aromatic heterocycles. The number of halogens is 5. The van der Waals surface area contributed by atoms with Crippen LogP contribution in [0.15, 0.2) is 59.9 Å². The summed E-state index contributed by atoms with van der Waals surface area (Å²) in [4.78, 5) is 21.8. The maximum atomic E-state index is 14.3. The number of nitrogens with zero attached hydrogens (tertiary/aromatic N) is 2. The molecule has 0 bridgehead atoms. The van der Waals surface area contributed by atoms with Crippen molar-refractivity contribution in [3.63, 3.8) is 0 Å². The Balaban J connectivity index is 1.57. The Labute approximate surface area is 209 Å². The molecule has 1 aliphatic heterocycles. The zero-order valence-electron chi connectivity index (χ0n) is 18.7. The molecule has 5 nitrogen and oxygen atoms in total. The number of benzene rings is 2. The molecule has 0 spiro atoms. The van der Waals surface area contributed by atoms with Crippen molar-refractivity contribution in [1.82, 2.24) is 10.3 Å². The van der Waals surface area contributed by atoms with Crippen molar-refractivity contribution in [1.29, 1.82) is 0 Å². The summed E-state index contributed by atoms with van der Waals surface area (Å²) in [5.41, 5.74) is -0.299. The highest BCUT2D eigenvalue weighted by atomic mass is 35.5. The largest absolute Gasteiger partial charge is 0.435 e. The monoisotopic (exact) mass is 521 g/mol. The van der Waals surface area contributed by atoms with Gasteiger partial charge in [-0.05, 0) is 66.9 Å². The van der Waals surface area contributed by atoms with Crippen molar-refractivity contribution in [3.05, 3.63) is 98.3 Å². The number of pyridine rings is 1. The number of aromatic nitrogens is 1. The first-order valence-corrected chi connectivity index (χ1v) is 11.3. The number of carbonyl (C=O) groups is 1. The molecule has 35 heavy (non-hydrogen) atoms. The third-order valence-corrected chi connectivity index (χ3v) is 6.68. The third kappa shape index (κ3) is 4.86. The van der Waals surface area contributed by atoms with E-state index in [-0.39, 0.29) is 33.8 Å². The summed E-state index contributed by atoms with van der Waals surface area (Å²) in [5.74, 6) is -0.321. The second-order valence-electron chi connectivity index (χ2n) is 8.23. The second-order valence-corrected chi connectivity index (χ2v) is 9.04. The van der Waals surface area contributed by atoms with Gasteiger partial charge in [-0.1, -0.05) is 40.5 Å². The van der Waals surface area contributed by atoms with Crippen LogP contribution >= 0.6 is 23.2 Å². The highest BCUT2D eigenvalue weighted by molar-refractivity contribution is 6.36. The summed E-state index contributed by atoms with van der Waals surface area (Å²) in [6.45, 7) is 3.56. The van der Waals surface area contributed by atoms with E-state index in [0.29, 0.717) is 27.9 Å². The van der Waals surface area contributed by atoms with Gasteiger partial charge < -0.3 is 10.2 Å². The van der Waals surface area contributed by atoms with E-state index in [4.69, 9.17) is 28.0 Å². The molecule has 10 heteroatoms. The molecule has 0 radical (unpaired) electrons. The predicted molar refractivity (Wildman–Crippen MR) is 128 cm³/mol. The van der Waals surface area contributed by atoms with Crippen LogP contribution in [0, 0.1) is 13.8 Å². The molecule has 2 aromatic carbocycles. The number of nitrogens with one attached hydrogen (secondary N) is 1. The van der Waals surface area contributed by atoms with Crippen molar-refractivity contribution >= 4 is 34.8 Å². The van der Waals surface area contributed by atoms with Crippen molar-refractivity contribution < 1.29 is 22.8 Å². The van der Waals surface area contributed by atoms with Crippen molar-refractivity contribution in [2.75, 3.05) is 0 Å². The summed E-state index contributed by atoms with van der Waals surface area (Å²) in [7, 11) is 0. The van der Waals surface area contributed by atoms with Crippen LogP contribution < -0.4 is 5.32 Å². The average molecular weight is 522 g/mol. The summed E-state index contributed by atoms with van der Waals surface area (Å²) < 4.78 is 42.9. The Bertz CT molecular complexity index is 1290. The molecule has 1 atom stereocenters. The number of rotatable bonds is 5. The van der Waals surface area contributed by atoms with Crippen LogP contribution in [-0.4, -0.2) is 22.8 Å². The zero-order valence-corrected chi connectivity index (χ0v) is 20.2. The Morgan fingerprint density at radius 2 is 1.83 bits per heavy atom. The van der Waals surface area contributed by atoms with Crippen LogP contribution in [-0.2, 0) is 17.0 Å². The van der Waals surface area contributed by atoms with Gasteiger partial charge >= 0.3 is 6.18 Å². The fraction of sp³-hybridized carbons (Fsp3) is 0.240. The molecule has 2 heterocycles. The third-order valence-electron chi connectivity index (χ3n) is 5.89. The summed E-state index contributed by atoms with van der Waals surface area (Å²) in [6.07, 6.45) is -3.73. The first kappa shape index (κ1) is 25.0. The molecule has 4 rings (SSSR count). The zero-order chi connectivity index (χ0) is 25.4. The molecular formula is C25H20Cl2F3N3O2. The van der Waals surface area contributed by atoms with E-state index in [2.05, 4.69) is 15.5 Å². The molecule has 0 fully saturated rings. The smallest absolute Gasteiger partial charge is 0.374 e. The summed E-state index contributed by atoms with van der Waals surface area (Å²) in [5, 5.41) is 6.77. The molecule has 0 saturated heterocycles. The maximum absolute atomic E-state index is 14.3. The van der Waals surface area contributed by atoms with Gasteiger partial charge in [0.05, 0.1) is 18.0 Å². The lowest BCUT2D eigenvalue weighted by atomic mass is 9.85. The van der Waals surface area contributed by atoms with Crippen molar-refractivity contribution in [2.45, 2.75) is 38.6 Å². The van der Waals surface area contributed by atoms with Crippen LogP contribution in [0.4, 0.5) is 13.2 Å². The molecule has 0 aliphatic carbocycles. The van der Waals surface area contributed by atoms with Crippen LogP contribution in [0.25, 0.3) is 0 Å². The quantitative estimate of drug-likeness (QED) is 0.415. The fourth-order valence-electron chi connectivity index (χ4n) is 3.80. The lowest BCUT2D eigenvalue weighted by Gasteiger charge is -2.30. The average Bonchev–Trinajstić information content (AvgIpc) is 3.28. The SMILES string of the molecule is Cc1cc(C2=NOC(c3cc(Cl)c(C)c(Cl)c3)(C(F)(F)F)C2)ccc1C(=O)NCc1ccccn1. The van der Waals surface area contributed by atoms with Crippen LogP contribution in [0.3, 0.4) is 0 Å². The standard InChI is InChI=1S/C25H20Cl2F3N3O2/c1-14-9-16(6-7-19(14)23(34)32-13-18-5-3-4-8-31-18)22-12-24(35-33-22,25(28,29)30)17-10-20(26)15(2)21(27)11-17/h3-11H,12-13H2,1-2H3,(H,32,34). The molecule has 1 aliphatic rings. The van der Waals surface area contributed by atoms with Gasteiger partial charge in [0.1, 0.15) is 0 Å². The van der Waals surface area contributed by atoms with E-state index in [1.54, 1.807) is 50.4 Å². The maximum Gasteiger partial charge on any atom is 0.435 e. The Kier molecular flexibility index (Phi) is 6.79. The van der Waals surface area contributed by atoms with Gasteiger partial charge in [-0.2, -0.15) is 13.2 Å². The number of hydrogen-bond acceptors (Lipinski definition) is 4. The van der Waals surface area contributed by atoms with E-state index >= 15 is 0 Å². The summed E-state index contributed by atoms with van der Waals surface area (Å²) >= 11 is 12.2. The summed E-state index contributed by atoms with van der Waals surface area (Å²) in [6, 6.07) is 12.5. The normalized spacial score (nSPS) is 17.6. The number of oxime groups is 1. The topological polar surface area (TPSA) is 63.6 Å². The van der Waals surface area contributed by atoms with E-state index in [9.17, 15) is 18.0 Å². The molecule has 3 aromatic rings. The van der Waals surface area contributed by atoms with Crippen LogP contribution in [0.2, 0.25) is 10.0 Å². The fourth-order valence-corrected chi connectivity index (χ4v) is 4.29. The van der Waals surface area contributed by atoms with E-state index in [0.717, 1.165) is 0 Å². The molecule has 182 valence electrons. The second kappa shape index (κ2) is 9.51. The Hall–Kier alpha value is -3.10. The van der Waals surface area contributed by atoms with E-state index in [1.807, 2.05) is 6.07 Å². The molecule has 1 amide bonds. The lowest BCUT2D eigenvalue weighted by molar-refractivity contribution is -0.275. The van der Waals surface area contributed by atoms with Gasteiger partial charge in [-0.15, -0.1) is 0 Å². The lowest BCUT2D eigenvalue weighted by Crippen LogP contribution is -2.42. The van der Waals surface area contributed by atoms with Gasteiger partial charge in [0, 0.05) is 33.8 Å². The number of carbonyl (C=O) groups excluding carboxylic acids is 1. The molecule has 1 unspecified atom stereocenters. The Morgan fingerprint density at radius 1 is 1.11 bits per heavy atom. The number of alkyl halides is 3. The minimum absolute atomic E-state index is 0.0960. The van der Waals surface area contributed by atoms with Gasteiger partial charge in [-0.3, -0.25) is 9.78 Å². The molecular weight excluding hydrogens is 502 g/mol. The van der Waals surface area contributed by atoms with Gasteiger partial charge in [0.15, 0.2) is 0 Å². The van der Waals surface area contributed by atoms with E-state index < -0.39 is 18.2 Å². The molecule has 0 saturated carbocycles. The van der Waals surface area contributed by atoms with Gasteiger partial charge in [-0.25, -0.2) is 0 Å². The van der Waals surface area contributed by atoms with E-state index in [1.165, 1.54) is 12.1 Å². The first-order chi connectivity index (χ1) is 16.5. The minimum atomic E-state index is -4.79. The highest BCUT2D eigenvalue weighted by Crippen LogP contribution is 2.50. The number of aryl methyl sites for hydroxylation is 1. The molecule has 1 N–H and O–H groups in total. The predicted octanol–water partition coefficient (Wildman–Crippen LogP) is 6.52. The first-order valence-electron chi connectivity index (χ1n) is 10.6. The van der Waals surface area contributed by atoms with Gasteiger partial charge in [0.25, 0.3) is 11.5 Å². The van der Waals surface area contributed by atoms with Crippen molar-refractivity contribution in [2.24, 2.45) is 5.16 Å². The number of hydrogen-bond donors (Lipinski definition) is 1. The van der Waals surface area contributed by atoms with Crippen molar-refractivity contribution in [3.8, 4) is 0 Å². The Morgan fingerprint density at radius 3 is 2.43 bits per heavy atom. The van der Waals surface area contributed by atoms with Crippen LogP contribution in [0.1, 0.15) is 44.7 Å². The minimum Gasteiger partial charge on any atom is -0.374 e. The van der Waals surface area contributed by atoms with Crippen LogP contribution in [0.5, 0.6) is 0 Å². The van der Waals surface area contributed by atoms with Gasteiger partial charge in [0.2, 0.25) is 0 Å². The highest BCUT2D eigenvalue weighted by Gasteiger charge is 2.62. The number of amides is 1.